The zero-order chi connectivity index (χ0) is 33.2. The van der Waals surface area contributed by atoms with Crippen LogP contribution in [0.1, 0.15) is 5.56 Å². The Balaban J connectivity index is 1.38. The van der Waals surface area contributed by atoms with E-state index in [0.29, 0.717) is 22.8 Å². The molecular formula is C45H26N4S. The van der Waals surface area contributed by atoms with E-state index < -0.39 is 0 Å². The van der Waals surface area contributed by atoms with E-state index in [1.165, 1.54) is 20.2 Å². The maximum absolute atomic E-state index is 11.0. The summed E-state index contributed by atoms with van der Waals surface area (Å²) in [5, 5.41) is 17.9. The highest BCUT2D eigenvalue weighted by Gasteiger charge is 2.25. The average Bonchev–Trinajstić information content (AvgIpc) is 3.73. The summed E-state index contributed by atoms with van der Waals surface area (Å²) in [4.78, 5) is 10.4. The van der Waals surface area contributed by atoms with Crippen LogP contribution in [0, 0.1) is 11.3 Å². The van der Waals surface area contributed by atoms with E-state index in [0.717, 1.165) is 55.0 Å². The lowest BCUT2D eigenvalue weighted by Crippen LogP contribution is -2.01. The van der Waals surface area contributed by atoms with Crippen molar-refractivity contribution in [3.8, 4) is 45.7 Å². The molecule has 0 spiro atoms. The van der Waals surface area contributed by atoms with E-state index in [-0.39, 0.29) is 0 Å². The Kier molecular flexibility index (Phi) is 6.38. The van der Waals surface area contributed by atoms with E-state index in [4.69, 9.17) is 9.97 Å². The fourth-order valence-electron chi connectivity index (χ4n) is 7.44. The summed E-state index contributed by atoms with van der Waals surface area (Å²) < 4.78 is 4.82. The lowest BCUT2D eigenvalue weighted by molar-refractivity contribution is 1.17. The van der Waals surface area contributed by atoms with Crippen molar-refractivity contribution in [3.63, 3.8) is 0 Å². The Morgan fingerprint density at radius 3 is 2.08 bits per heavy atom. The second kappa shape index (κ2) is 11.2. The number of rotatable bonds is 4. The normalized spacial score (nSPS) is 11.6. The molecule has 0 saturated heterocycles. The molecule has 0 fully saturated rings. The van der Waals surface area contributed by atoms with Crippen LogP contribution >= 0.6 is 11.3 Å². The summed E-state index contributed by atoms with van der Waals surface area (Å²) in [6, 6.07) is 57.2. The van der Waals surface area contributed by atoms with E-state index >= 15 is 0 Å². The minimum atomic E-state index is 0.454. The summed E-state index contributed by atoms with van der Waals surface area (Å²) >= 11 is 1.81. The van der Waals surface area contributed by atoms with Crippen LogP contribution in [0.5, 0.6) is 0 Å². The molecule has 0 radical (unpaired) electrons. The molecular weight excluding hydrogens is 629 g/mol. The van der Waals surface area contributed by atoms with Crippen LogP contribution in [0.25, 0.3) is 92.3 Å². The van der Waals surface area contributed by atoms with Crippen LogP contribution < -0.4 is 0 Å². The van der Waals surface area contributed by atoms with Crippen LogP contribution in [0.4, 0.5) is 0 Å². The highest BCUT2D eigenvalue weighted by Crippen LogP contribution is 2.47. The highest BCUT2D eigenvalue weighted by atomic mass is 32.1. The van der Waals surface area contributed by atoms with Crippen molar-refractivity contribution in [1.82, 2.24) is 14.5 Å². The Morgan fingerprint density at radius 2 is 1.24 bits per heavy atom. The van der Waals surface area contributed by atoms with Gasteiger partial charge in [-0.3, -0.25) is 0 Å². The fraction of sp³-hybridized carbons (Fsp3) is 0. The largest absolute Gasteiger partial charge is 0.309 e. The molecule has 0 atom stereocenters. The number of para-hydroxylation sites is 1. The number of hydrogen-bond donors (Lipinski definition) is 0. The maximum Gasteiger partial charge on any atom is 0.160 e. The van der Waals surface area contributed by atoms with Gasteiger partial charge in [-0.15, -0.1) is 11.3 Å². The molecule has 5 heteroatoms. The van der Waals surface area contributed by atoms with Gasteiger partial charge in [0.2, 0.25) is 0 Å². The number of aromatic nitrogens is 3. The van der Waals surface area contributed by atoms with Crippen LogP contribution in [0.15, 0.2) is 158 Å². The molecule has 232 valence electrons. The predicted octanol–water partition coefficient (Wildman–Crippen LogP) is 12.0. The maximum atomic E-state index is 11.0. The first-order valence-corrected chi connectivity index (χ1v) is 17.4. The van der Waals surface area contributed by atoms with Crippen molar-refractivity contribution in [2.24, 2.45) is 0 Å². The summed E-state index contributed by atoms with van der Waals surface area (Å²) in [6.07, 6.45) is 0. The minimum Gasteiger partial charge on any atom is -0.309 e. The summed E-state index contributed by atoms with van der Waals surface area (Å²) in [5.74, 6) is 0.581. The zero-order valence-electron chi connectivity index (χ0n) is 26.7. The van der Waals surface area contributed by atoms with Crippen LogP contribution in [0.2, 0.25) is 0 Å². The fourth-order valence-corrected chi connectivity index (χ4v) is 8.55. The lowest BCUT2D eigenvalue weighted by Gasteiger charge is -2.14. The highest BCUT2D eigenvalue weighted by molar-refractivity contribution is 7.26. The molecule has 0 aliphatic carbocycles. The number of nitrogens with zero attached hydrogens (tertiary/aromatic N) is 4. The molecule has 10 aromatic rings. The smallest absolute Gasteiger partial charge is 0.160 e. The van der Waals surface area contributed by atoms with Gasteiger partial charge < -0.3 is 4.57 Å². The first-order chi connectivity index (χ1) is 24.8. The molecule has 50 heavy (non-hydrogen) atoms. The lowest BCUT2D eigenvalue weighted by atomic mass is 9.95. The average molecular weight is 655 g/mol. The molecule has 0 bridgehead atoms. The predicted molar refractivity (Wildman–Crippen MR) is 208 cm³/mol. The van der Waals surface area contributed by atoms with Crippen molar-refractivity contribution in [2.75, 3.05) is 0 Å². The molecule has 3 aromatic heterocycles. The third-order valence-corrected chi connectivity index (χ3v) is 10.8. The van der Waals surface area contributed by atoms with Crippen molar-refractivity contribution in [3.05, 3.63) is 163 Å². The topological polar surface area (TPSA) is 54.5 Å². The van der Waals surface area contributed by atoms with E-state index in [2.05, 4.69) is 120 Å². The first kappa shape index (κ1) is 28.4. The molecule has 0 unspecified atom stereocenters. The zero-order valence-corrected chi connectivity index (χ0v) is 27.5. The van der Waals surface area contributed by atoms with Crippen molar-refractivity contribution in [2.45, 2.75) is 0 Å². The van der Waals surface area contributed by atoms with E-state index in [1.54, 1.807) is 0 Å². The standard InChI is InChI=1S/C45H26N4S/c46-27-35-43(31-23-22-28-12-7-8-15-30(28)26-31)47-45(29-13-3-1-4-14-29)48-44(35)34-19-11-20-36-40(34)42-37(49(36)32-16-5-2-6-17-32)24-25-39-41(42)33-18-9-10-21-38(33)50-39/h1-26H. The number of benzene rings is 7. The Hall–Kier alpha value is -6.61. The third kappa shape index (κ3) is 4.29. The van der Waals surface area contributed by atoms with Crippen LogP contribution in [-0.2, 0) is 0 Å². The van der Waals surface area contributed by atoms with Gasteiger partial charge in [0.1, 0.15) is 11.6 Å². The molecule has 7 aromatic carbocycles. The third-order valence-electron chi connectivity index (χ3n) is 9.64. The second-order valence-corrected chi connectivity index (χ2v) is 13.5. The Labute approximate surface area is 291 Å². The van der Waals surface area contributed by atoms with E-state index in [9.17, 15) is 5.26 Å². The Bertz CT molecular complexity index is 2990. The molecule has 0 aliphatic heterocycles. The van der Waals surface area contributed by atoms with Gasteiger partial charge in [-0.05, 0) is 53.2 Å². The quantitative estimate of drug-likeness (QED) is 0.190. The van der Waals surface area contributed by atoms with Gasteiger partial charge in [0, 0.05) is 53.3 Å². The SMILES string of the molecule is N#Cc1c(-c2ccc3ccccc3c2)nc(-c2ccccc2)nc1-c1cccc2c1c1c3c(ccc1n2-c1ccccc1)sc1ccccc13. The number of fused-ring (bicyclic) bond motifs is 8. The first-order valence-electron chi connectivity index (χ1n) is 16.6. The number of nitriles is 1. The number of thiophene rings is 1. The van der Waals surface area contributed by atoms with Crippen LogP contribution in [-0.4, -0.2) is 14.5 Å². The Morgan fingerprint density at radius 1 is 0.520 bits per heavy atom. The summed E-state index contributed by atoms with van der Waals surface area (Å²) in [6.45, 7) is 0. The molecule has 0 aliphatic rings. The summed E-state index contributed by atoms with van der Waals surface area (Å²) in [5.41, 5.74) is 7.63. The van der Waals surface area contributed by atoms with Gasteiger partial charge in [0.15, 0.2) is 5.82 Å². The monoisotopic (exact) mass is 654 g/mol. The van der Waals surface area contributed by atoms with Crippen molar-refractivity contribution in [1.29, 1.82) is 5.26 Å². The van der Waals surface area contributed by atoms with Gasteiger partial charge in [-0.1, -0.05) is 115 Å². The molecule has 0 amide bonds. The van der Waals surface area contributed by atoms with Crippen molar-refractivity contribution >= 4 is 64.1 Å². The van der Waals surface area contributed by atoms with Gasteiger partial charge in [0.25, 0.3) is 0 Å². The molecule has 0 N–H and O–H groups in total. The van der Waals surface area contributed by atoms with Gasteiger partial charge in [0.05, 0.1) is 22.4 Å². The van der Waals surface area contributed by atoms with E-state index in [1.807, 2.05) is 59.9 Å². The van der Waals surface area contributed by atoms with Gasteiger partial charge in [-0.25, -0.2) is 9.97 Å². The van der Waals surface area contributed by atoms with Crippen LogP contribution in [0.3, 0.4) is 0 Å². The molecule has 0 saturated carbocycles. The summed E-state index contributed by atoms with van der Waals surface area (Å²) in [7, 11) is 0. The second-order valence-electron chi connectivity index (χ2n) is 12.5. The number of hydrogen-bond acceptors (Lipinski definition) is 4. The minimum absolute atomic E-state index is 0.454. The molecule has 4 nitrogen and oxygen atoms in total. The molecule has 10 rings (SSSR count). The van der Waals surface area contributed by atoms with Crippen molar-refractivity contribution < 1.29 is 0 Å². The van der Waals surface area contributed by atoms with Gasteiger partial charge in [-0.2, -0.15) is 5.26 Å². The van der Waals surface area contributed by atoms with Gasteiger partial charge >= 0.3 is 0 Å². The molecule has 3 heterocycles.